The van der Waals surface area contributed by atoms with Gasteiger partial charge in [-0.05, 0) is 34.0 Å². The predicted octanol–water partition coefficient (Wildman–Crippen LogP) is 2.09. The van der Waals surface area contributed by atoms with Gasteiger partial charge in [-0.2, -0.15) is 0 Å². The lowest BCUT2D eigenvalue weighted by Gasteiger charge is -2.44. The van der Waals surface area contributed by atoms with E-state index < -0.39 is 16.8 Å². The maximum atomic E-state index is 13.4. The highest BCUT2D eigenvalue weighted by molar-refractivity contribution is 8.04. The number of amides is 1. The Hall–Kier alpha value is -2.93. The van der Waals surface area contributed by atoms with E-state index in [0.29, 0.717) is 17.5 Å². The van der Waals surface area contributed by atoms with Crippen LogP contribution in [0.5, 0.6) is 0 Å². The molecule has 12 heteroatoms. The summed E-state index contributed by atoms with van der Waals surface area (Å²) in [4.78, 5) is 27.3. The molecule has 2 aromatic carbocycles. The maximum absolute atomic E-state index is 13.4. The second-order valence-electron chi connectivity index (χ2n) is 9.70. The molecular weight excluding hydrogens is 522 g/mol. The number of carboxylic acid groups (broad SMARTS) is 1. The Kier molecular flexibility index (Phi) is 8.03. The van der Waals surface area contributed by atoms with Crippen molar-refractivity contribution in [2.45, 2.75) is 47.3 Å². The Morgan fingerprint density at radius 1 is 1.11 bits per heavy atom. The molecule has 10 nitrogen and oxygen atoms in total. The van der Waals surface area contributed by atoms with Crippen LogP contribution in [0.2, 0.25) is 0 Å². The van der Waals surface area contributed by atoms with Gasteiger partial charge in [0.25, 0.3) is 0 Å². The first-order chi connectivity index (χ1) is 18.4. The van der Waals surface area contributed by atoms with E-state index in [-0.39, 0.29) is 17.2 Å². The second-order valence-corrected chi connectivity index (χ2v) is 12.3. The van der Waals surface area contributed by atoms with E-state index in [0.717, 1.165) is 30.8 Å². The predicted molar refractivity (Wildman–Crippen MR) is 147 cm³/mol. The number of nitrogens with zero attached hydrogens (tertiary/aromatic N) is 5. The van der Waals surface area contributed by atoms with E-state index in [9.17, 15) is 14.7 Å². The molecule has 1 amide bonds. The van der Waals surface area contributed by atoms with Crippen molar-refractivity contribution < 1.29 is 14.7 Å². The highest BCUT2D eigenvalue weighted by Gasteiger charge is 2.65. The molecule has 1 aromatic heterocycles. The number of nitrogens with one attached hydrogen (secondary N) is 2. The fraction of sp³-hybridized carbons (Fsp3) is 0.423. The largest absolute Gasteiger partial charge is 0.480 e. The molecule has 0 aliphatic carbocycles. The van der Waals surface area contributed by atoms with Crippen LogP contribution in [0, 0.1) is 0 Å². The normalized spacial score (nSPS) is 24.3. The van der Waals surface area contributed by atoms with Gasteiger partial charge >= 0.3 is 5.97 Å². The van der Waals surface area contributed by atoms with Crippen molar-refractivity contribution in [3.8, 4) is 0 Å². The summed E-state index contributed by atoms with van der Waals surface area (Å²) in [5.74, 6) is -1.00. The van der Waals surface area contributed by atoms with Crippen molar-refractivity contribution >= 4 is 35.4 Å². The average molecular weight is 554 g/mol. The molecule has 4 atom stereocenters. The van der Waals surface area contributed by atoms with Gasteiger partial charge in [-0.15, -0.1) is 16.9 Å². The standard InChI is InChI=1S/C26H31N7O3S2/c1-26(16-37-25-29-30-31-32(25)2)21(24(35)36)33-22(34)20(23(33)38-26)19-11-7-6-10-18(19)15-28-13-12-27-14-17-8-4-3-5-9-17/h3-11,20-21,23,27-28H,12-16H2,1-2H3,(H,35,36)/t20?,21?,23-,26?/m0/s1. The zero-order chi connectivity index (χ0) is 26.7. The van der Waals surface area contributed by atoms with Crippen LogP contribution in [-0.4, -0.2) is 77.1 Å². The van der Waals surface area contributed by atoms with Crippen LogP contribution >= 0.6 is 23.5 Å². The Bertz CT molecular complexity index is 1290. The number of hydrogen-bond acceptors (Lipinski definition) is 9. The molecule has 2 aliphatic rings. The van der Waals surface area contributed by atoms with Gasteiger partial charge < -0.3 is 20.6 Å². The lowest BCUT2D eigenvalue weighted by molar-refractivity contribution is -0.159. The molecule has 3 aromatic rings. The van der Waals surface area contributed by atoms with Crippen LogP contribution in [-0.2, 0) is 29.7 Å². The number of hydrogen-bond donors (Lipinski definition) is 3. The zero-order valence-electron chi connectivity index (χ0n) is 21.3. The Morgan fingerprint density at radius 3 is 2.53 bits per heavy atom. The van der Waals surface area contributed by atoms with Gasteiger partial charge in [0.05, 0.1) is 16.0 Å². The van der Waals surface area contributed by atoms with E-state index in [4.69, 9.17) is 0 Å². The van der Waals surface area contributed by atoms with Gasteiger partial charge in [0, 0.05) is 39.0 Å². The fourth-order valence-corrected chi connectivity index (χ4v) is 8.05. The van der Waals surface area contributed by atoms with Crippen molar-refractivity contribution in [1.29, 1.82) is 0 Å². The molecular formula is C26H31N7O3S2. The third-order valence-electron chi connectivity index (χ3n) is 6.99. The minimum atomic E-state index is -0.982. The summed E-state index contributed by atoms with van der Waals surface area (Å²) in [6, 6.07) is 17.3. The van der Waals surface area contributed by atoms with Crippen LogP contribution in [0.4, 0.5) is 0 Å². The molecule has 0 saturated carbocycles. The van der Waals surface area contributed by atoms with Crippen LogP contribution < -0.4 is 10.6 Å². The Labute approximate surface area is 229 Å². The number of carbonyl (C=O) groups is 2. The quantitative estimate of drug-likeness (QED) is 0.174. The third kappa shape index (κ3) is 5.31. The number of aryl methyl sites for hydroxylation is 1. The molecule has 2 aliphatic heterocycles. The van der Waals surface area contributed by atoms with Gasteiger partial charge in [0.15, 0.2) is 0 Å². The monoisotopic (exact) mass is 553 g/mol. The van der Waals surface area contributed by atoms with Gasteiger partial charge in [-0.1, -0.05) is 66.4 Å². The Balaban J connectivity index is 1.22. The van der Waals surface area contributed by atoms with Gasteiger partial charge in [0.2, 0.25) is 11.1 Å². The van der Waals surface area contributed by atoms with E-state index in [1.54, 1.807) is 28.4 Å². The molecule has 0 bridgehead atoms. The maximum Gasteiger partial charge on any atom is 0.327 e. The first-order valence-corrected chi connectivity index (χ1v) is 14.4. The highest BCUT2D eigenvalue weighted by atomic mass is 32.2. The third-order valence-corrected chi connectivity index (χ3v) is 10.2. The number of carboxylic acids is 1. The summed E-state index contributed by atoms with van der Waals surface area (Å²) in [7, 11) is 1.75. The molecule has 0 radical (unpaired) electrons. The smallest absolute Gasteiger partial charge is 0.327 e. The van der Waals surface area contributed by atoms with Crippen molar-refractivity contribution in [3.63, 3.8) is 0 Å². The highest BCUT2D eigenvalue weighted by Crippen LogP contribution is 2.57. The van der Waals surface area contributed by atoms with Crippen LogP contribution in [0.3, 0.4) is 0 Å². The van der Waals surface area contributed by atoms with Crippen molar-refractivity contribution in [3.05, 3.63) is 71.3 Å². The Morgan fingerprint density at radius 2 is 1.82 bits per heavy atom. The number of thioether (sulfide) groups is 2. The van der Waals surface area contributed by atoms with Crippen LogP contribution in [0.1, 0.15) is 29.5 Å². The lowest BCUT2D eigenvalue weighted by atomic mass is 9.84. The summed E-state index contributed by atoms with van der Waals surface area (Å²) in [6.45, 7) is 4.99. The summed E-state index contributed by atoms with van der Waals surface area (Å²) in [5, 5.41) is 28.9. The molecule has 5 rings (SSSR count). The number of carbonyl (C=O) groups excluding carboxylic acids is 1. The summed E-state index contributed by atoms with van der Waals surface area (Å²) in [6.07, 6.45) is 0. The lowest BCUT2D eigenvalue weighted by Crippen LogP contribution is -2.62. The molecule has 2 saturated heterocycles. The molecule has 3 unspecified atom stereocenters. The van der Waals surface area contributed by atoms with Crippen molar-refractivity contribution in [2.75, 3.05) is 18.8 Å². The summed E-state index contributed by atoms with van der Waals surface area (Å²) in [5.41, 5.74) is 3.28. The molecule has 38 heavy (non-hydrogen) atoms. The number of tetrazole rings is 1. The SMILES string of the molecule is Cn1nnnc1SCC1(C)S[C@H]2C(c3ccccc3CNCCNCc3ccccc3)C(=O)N2C1C(=O)O. The van der Waals surface area contributed by atoms with Crippen molar-refractivity contribution in [2.24, 2.45) is 7.05 Å². The number of rotatable bonds is 12. The minimum Gasteiger partial charge on any atom is -0.480 e. The van der Waals surface area contributed by atoms with Crippen LogP contribution in [0.25, 0.3) is 0 Å². The topological polar surface area (TPSA) is 125 Å². The van der Waals surface area contributed by atoms with E-state index >= 15 is 0 Å². The molecule has 3 heterocycles. The molecule has 200 valence electrons. The van der Waals surface area contributed by atoms with E-state index in [1.807, 2.05) is 49.4 Å². The summed E-state index contributed by atoms with van der Waals surface area (Å²) < 4.78 is 0.877. The number of aromatic nitrogens is 4. The number of aliphatic carboxylic acids is 1. The van der Waals surface area contributed by atoms with Gasteiger partial charge in [0.1, 0.15) is 6.04 Å². The zero-order valence-corrected chi connectivity index (χ0v) is 22.9. The van der Waals surface area contributed by atoms with Gasteiger partial charge in [-0.3, -0.25) is 4.79 Å². The molecule has 2 fully saturated rings. The number of β-lactam (4-membered cyclic amide) rings is 1. The van der Waals surface area contributed by atoms with Crippen LogP contribution in [0.15, 0.2) is 59.8 Å². The molecule has 3 N–H and O–H groups in total. The van der Waals surface area contributed by atoms with Gasteiger partial charge in [-0.25, -0.2) is 9.48 Å². The summed E-state index contributed by atoms with van der Waals surface area (Å²) >= 11 is 2.98. The molecule has 0 spiro atoms. The number of benzene rings is 2. The number of fused-ring (bicyclic) bond motifs is 1. The second kappa shape index (κ2) is 11.4. The minimum absolute atomic E-state index is 0.124. The van der Waals surface area contributed by atoms with Crippen molar-refractivity contribution in [1.82, 2.24) is 35.7 Å². The fourth-order valence-electron chi connectivity index (χ4n) is 5.08. The first kappa shape index (κ1) is 26.7. The van der Waals surface area contributed by atoms with E-state index in [1.165, 1.54) is 17.3 Å². The van der Waals surface area contributed by atoms with E-state index in [2.05, 4.69) is 38.3 Å². The average Bonchev–Trinajstić information content (AvgIpc) is 3.44. The first-order valence-electron chi connectivity index (χ1n) is 12.5.